The van der Waals surface area contributed by atoms with Crippen LogP contribution in [-0.2, 0) is 10.0 Å². The molecule has 2 N–H and O–H groups in total. The average Bonchev–Trinajstić information content (AvgIpc) is 2.43. The highest BCUT2D eigenvalue weighted by Gasteiger charge is 2.32. The summed E-state index contributed by atoms with van der Waals surface area (Å²) < 4.78 is 33.5. The zero-order chi connectivity index (χ0) is 15.2. The second kappa shape index (κ2) is 6.95. The van der Waals surface area contributed by atoms with Crippen molar-refractivity contribution < 1.29 is 17.9 Å². The Labute approximate surface area is 121 Å². The van der Waals surface area contributed by atoms with E-state index in [4.69, 9.17) is 14.6 Å². The van der Waals surface area contributed by atoms with Crippen LogP contribution in [0.3, 0.4) is 0 Å². The number of benzene rings is 1. The van der Waals surface area contributed by atoms with E-state index in [2.05, 4.69) is 0 Å². The van der Waals surface area contributed by atoms with Gasteiger partial charge < -0.3 is 9.47 Å². The van der Waals surface area contributed by atoms with Crippen molar-refractivity contribution in [3.05, 3.63) is 24.3 Å². The van der Waals surface area contributed by atoms with Gasteiger partial charge in [0, 0.05) is 5.41 Å². The third kappa shape index (κ3) is 5.02. The van der Waals surface area contributed by atoms with E-state index >= 15 is 0 Å². The van der Waals surface area contributed by atoms with Crippen molar-refractivity contribution in [1.29, 1.82) is 0 Å². The Morgan fingerprint density at radius 2 is 1.60 bits per heavy atom. The second-order valence-corrected chi connectivity index (χ2v) is 6.59. The van der Waals surface area contributed by atoms with Gasteiger partial charge in [-0.1, -0.05) is 13.8 Å². The minimum absolute atomic E-state index is 0.0663. The van der Waals surface area contributed by atoms with Crippen LogP contribution in [0, 0.1) is 5.41 Å². The SMILES string of the molecule is CCC(CC)(COc1ccc(OC)cc1)CS(N)(=O)=O. The summed E-state index contributed by atoms with van der Waals surface area (Å²) in [4.78, 5) is 0. The van der Waals surface area contributed by atoms with Crippen molar-refractivity contribution in [2.24, 2.45) is 10.6 Å². The third-order valence-corrected chi connectivity index (χ3v) is 4.63. The number of ether oxygens (including phenoxy) is 2. The molecule has 0 amide bonds. The van der Waals surface area contributed by atoms with Gasteiger partial charge in [-0.3, -0.25) is 0 Å². The summed E-state index contributed by atoms with van der Waals surface area (Å²) in [6.07, 6.45) is 1.38. The molecular formula is C14H23NO4S. The highest BCUT2D eigenvalue weighted by atomic mass is 32.2. The summed E-state index contributed by atoms with van der Waals surface area (Å²) in [5.74, 6) is 1.37. The molecule has 0 saturated carbocycles. The fourth-order valence-electron chi connectivity index (χ4n) is 2.04. The Morgan fingerprint density at radius 3 is 2.00 bits per heavy atom. The summed E-state index contributed by atoms with van der Waals surface area (Å²) in [5.41, 5.74) is -0.451. The number of rotatable bonds is 8. The lowest BCUT2D eigenvalue weighted by Crippen LogP contribution is -2.37. The molecule has 1 aromatic rings. The second-order valence-electron chi connectivity index (χ2n) is 4.98. The normalized spacial score (nSPS) is 12.2. The standard InChI is InChI=1S/C14H23NO4S/c1-4-14(5-2,11-20(15,16)17)10-19-13-8-6-12(18-3)7-9-13/h6-9H,4-5,10-11H2,1-3H3,(H2,15,16,17). The molecular weight excluding hydrogens is 278 g/mol. The molecule has 0 bridgehead atoms. The lowest BCUT2D eigenvalue weighted by Gasteiger charge is -2.30. The van der Waals surface area contributed by atoms with E-state index in [9.17, 15) is 8.42 Å². The van der Waals surface area contributed by atoms with E-state index < -0.39 is 15.4 Å². The molecule has 0 heterocycles. The number of primary sulfonamides is 1. The van der Waals surface area contributed by atoms with Crippen molar-refractivity contribution in [1.82, 2.24) is 0 Å². The van der Waals surface area contributed by atoms with Gasteiger partial charge in [0.15, 0.2) is 0 Å². The monoisotopic (exact) mass is 301 g/mol. The van der Waals surface area contributed by atoms with Crippen LogP contribution in [0.15, 0.2) is 24.3 Å². The Hall–Kier alpha value is -1.27. The number of hydrogen-bond donors (Lipinski definition) is 1. The van der Waals surface area contributed by atoms with E-state index in [1.54, 1.807) is 31.4 Å². The molecule has 1 rings (SSSR count). The molecule has 0 radical (unpaired) electrons. The van der Waals surface area contributed by atoms with E-state index in [0.717, 1.165) is 5.75 Å². The molecule has 0 aliphatic carbocycles. The van der Waals surface area contributed by atoms with Gasteiger partial charge in [0.2, 0.25) is 10.0 Å². The van der Waals surface area contributed by atoms with E-state index in [-0.39, 0.29) is 5.75 Å². The molecule has 20 heavy (non-hydrogen) atoms. The molecule has 0 atom stereocenters. The van der Waals surface area contributed by atoms with Crippen LogP contribution in [0.2, 0.25) is 0 Å². The number of nitrogens with two attached hydrogens (primary N) is 1. The largest absolute Gasteiger partial charge is 0.497 e. The van der Waals surface area contributed by atoms with Crippen molar-refractivity contribution in [3.8, 4) is 11.5 Å². The van der Waals surface area contributed by atoms with Gasteiger partial charge in [0.05, 0.1) is 19.5 Å². The summed E-state index contributed by atoms with van der Waals surface area (Å²) in [7, 11) is -1.92. The lowest BCUT2D eigenvalue weighted by molar-refractivity contribution is 0.154. The van der Waals surface area contributed by atoms with Crippen molar-refractivity contribution in [2.45, 2.75) is 26.7 Å². The Morgan fingerprint density at radius 1 is 1.10 bits per heavy atom. The number of sulfonamides is 1. The maximum absolute atomic E-state index is 11.4. The molecule has 0 unspecified atom stereocenters. The van der Waals surface area contributed by atoms with Gasteiger partial charge in [0.25, 0.3) is 0 Å². The first-order chi connectivity index (χ1) is 9.34. The average molecular weight is 301 g/mol. The molecule has 0 saturated heterocycles. The van der Waals surface area contributed by atoms with Crippen LogP contribution < -0.4 is 14.6 Å². The third-order valence-electron chi connectivity index (χ3n) is 3.61. The molecule has 0 fully saturated rings. The van der Waals surface area contributed by atoms with E-state index in [0.29, 0.717) is 25.2 Å². The molecule has 1 aromatic carbocycles. The molecule has 0 spiro atoms. The first kappa shape index (κ1) is 16.8. The fraction of sp³-hybridized carbons (Fsp3) is 0.571. The first-order valence-corrected chi connectivity index (χ1v) is 8.33. The van der Waals surface area contributed by atoms with E-state index in [1.165, 1.54) is 0 Å². The van der Waals surface area contributed by atoms with Crippen LogP contribution >= 0.6 is 0 Å². The first-order valence-electron chi connectivity index (χ1n) is 6.61. The van der Waals surface area contributed by atoms with Gasteiger partial charge in [-0.25, -0.2) is 13.6 Å². The topological polar surface area (TPSA) is 78.6 Å². The van der Waals surface area contributed by atoms with Crippen LogP contribution in [-0.4, -0.2) is 27.9 Å². The summed E-state index contributed by atoms with van der Waals surface area (Å²) in [5, 5.41) is 5.18. The molecule has 6 heteroatoms. The predicted octanol–water partition coefficient (Wildman–Crippen LogP) is 2.17. The van der Waals surface area contributed by atoms with Gasteiger partial charge in [-0.15, -0.1) is 0 Å². The minimum atomic E-state index is -3.52. The van der Waals surface area contributed by atoms with Gasteiger partial charge in [-0.2, -0.15) is 0 Å². The highest BCUT2D eigenvalue weighted by molar-refractivity contribution is 7.89. The van der Waals surface area contributed by atoms with Gasteiger partial charge in [-0.05, 0) is 37.1 Å². The van der Waals surface area contributed by atoms with Crippen molar-refractivity contribution >= 4 is 10.0 Å². The molecule has 5 nitrogen and oxygen atoms in total. The Kier molecular flexibility index (Phi) is 5.83. The maximum atomic E-state index is 11.4. The van der Waals surface area contributed by atoms with Crippen LogP contribution in [0.4, 0.5) is 0 Å². The summed E-state index contributed by atoms with van der Waals surface area (Å²) in [6.45, 7) is 4.22. The van der Waals surface area contributed by atoms with E-state index in [1.807, 2.05) is 13.8 Å². The molecule has 0 aromatic heterocycles. The number of hydrogen-bond acceptors (Lipinski definition) is 4. The van der Waals surface area contributed by atoms with Crippen LogP contribution in [0.1, 0.15) is 26.7 Å². The van der Waals surface area contributed by atoms with Crippen LogP contribution in [0.5, 0.6) is 11.5 Å². The fourth-order valence-corrected chi connectivity index (χ4v) is 3.38. The smallest absolute Gasteiger partial charge is 0.209 e. The zero-order valence-electron chi connectivity index (χ0n) is 12.3. The Balaban J connectivity index is 2.75. The summed E-state index contributed by atoms with van der Waals surface area (Å²) >= 11 is 0. The molecule has 0 aliphatic rings. The maximum Gasteiger partial charge on any atom is 0.209 e. The lowest BCUT2D eigenvalue weighted by atomic mass is 9.85. The summed E-state index contributed by atoms with van der Waals surface area (Å²) in [6, 6.07) is 7.20. The minimum Gasteiger partial charge on any atom is -0.497 e. The highest BCUT2D eigenvalue weighted by Crippen LogP contribution is 2.29. The zero-order valence-corrected chi connectivity index (χ0v) is 13.1. The van der Waals surface area contributed by atoms with Crippen molar-refractivity contribution in [2.75, 3.05) is 19.5 Å². The Bertz CT molecular complexity index is 506. The molecule has 114 valence electrons. The number of methoxy groups -OCH3 is 1. The van der Waals surface area contributed by atoms with Gasteiger partial charge >= 0.3 is 0 Å². The predicted molar refractivity (Wildman–Crippen MR) is 79.5 cm³/mol. The molecule has 0 aliphatic heterocycles. The van der Waals surface area contributed by atoms with Gasteiger partial charge in [0.1, 0.15) is 11.5 Å². The van der Waals surface area contributed by atoms with Crippen molar-refractivity contribution in [3.63, 3.8) is 0 Å². The quantitative estimate of drug-likeness (QED) is 0.798. The van der Waals surface area contributed by atoms with Crippen LogP contribution in [0.25, 0.3) is 0 Å².